The third-order valence-electron chi connectivity index (χ3n) is 3.33. The highest BCUT2D eigenvalue weighted by Crippen LogP contribution is 2.18. The van der Waals surface area contributed by atoms with Gasteiger partial charge in [-0.2, -0.15) is 0 Å². The quantitative estimate of drug-likeness (QED) is 0.762. The van der Waals surface area contributed by atoms with E-state index in [0.717, 1.165) is 18.9 Å². The molecule has 3 heteroatoms. The van der Waals surface area contributed by atoms with Crippen LogP contribution in [0.25, 0.3) is 0 Å². The van der Waals surface area contributed by atoms with E-state index in [1.54, 1.807) is 0 Å². The van der Waals surface area contributed by atoms with Gasteiger partial charge in [0.25, 0.3) is 0 Å². The van der Waals surface area contributed by atoms with Crippen molar-refractivity contribution in [1.82, 2.24) is 9.55 Å². The van der Waals surface area contributed by atoms with Crippen LogP contribution in [0.2, 0.25) is 0 Å². The molecule has 102 valence electrons. The summed E-state index contributed by atoms with van der Waals surface area (Å²) in [6.45, 7) is 5.43. The Morgan fingerprint density at radius 3 is 2.79 bits per heavy atom. The largest absolute Gasteiger partial charge is 0.356 e. The van der Waals surface area contributed by atoms with Crippen LogP contribution in [-0.2, 0) is 6.42 Å². The second kappa shape index (κ2) is 6.98. The van der Waals surface area contributed by atoms with Gasteiger partial charge in [0, 0.05) is 25.0 Å². The lowest BCUT2D eigenvalue weighted by Crippen LogP contribution is -2.13. The zero-order valence-corrected chi connectivity index (χ0v) is 11.8. The molecule has 1 aromatic carbocycles. The van der Waals surface area contributed by atoms with Gasteiger partial charge in [-0.1, -0.05) is 43.7 Å². The van der Waals surface area contributed by atoms with E-state index in [9.17, 15) is 0 Å². The number of nitrogens with one attached hydrogen (secondary N) is 1. The van der Waals surface area contributed by atoms with E-state index in [0.29, 0.717) is 6.04 Å². The maximum Gasteiger partial charge on any atom is 0.203 e. The summed E-state index contributed by atoms with van der Waals surface area (Å²) in [6, 6.07) is 11.0. The third kappa shape index (κ3) is 3.85. The summed E-state index contributed by atoms with van der Waals surface area (Å²) >= 11 is 0. The molecule has 2 rings (SSSR count). The van der Waals surface area contributed by atoms with Crippen LogP contribution in [-0.4, -0.2) is 16.1 Å². The Labute approximate surface area is 115 Å². The Bertz CT molecular complexity index is 476. The highest BCUT2D eigenvalue weighted by atomic mass is 15.2. The number of imidazole rings is 1. The summed E-state index contributed by atoms with van der Waals surface area (Å²) in [4.78, 5) is 4.40. The molecule has 0 bridgehead atoms. The SMILES string of the molecule is CCCCNc1nccn1C(C)Cc1ccccc1. The van der Waals surface area contributed by atoms with Crippen LogP contribution in [0.4, 0.5) is 5.95 Å². The van der Waals surface area contributed by atoms with E-state index in [1.165, 1.54) is 18.4 Å². The van der Waals surface area contributed by atoms with Gasteiger partial charge in [-0.05, 0) is 25.3 Å². The Balaban J connectivity index is 1.99. The minimum absolute atomic E-state index is 0.411. The van der Waals surface area contributed by atoms with Crippen LogP contribution < -0.4 is 5.32 Å². The number of hydrogen-bond donors (Lipinski definition) is 1. The molecule has 0 amide bonds. The monoisotopic (exact) mass is 257 g/mol. The smallest absolute Gasteiger partial charge is 0.203 e. The molecule has 19 heavy (non-hydrogen) atoms. The zero-order valence-electron chi connectivity index (χ0n) is 11.8. The molecule has 1 atom stereocenters. The van der Waals surface area contributed by atoms with Crippen molar-refractivity contribution in [1.29, 1.82) is 0 Å². The highest BCUT2D eigenvalue weighted by molar-refractivity contribution is 5.27. The molecular weight excluding hydrogens is 234 g/mol. The van der Waals surface area contributed by atoms with Gasteiger partial charge in [0.05, 0.1) is 0 Å². The van der Waals surface area contributed by atoms with Crippen molar-refractivity contribution in [2.45, 2.75) is 39.2 Å². The molecular formula is C16H23N3. The second-order valence-corrected chi connectivity index (χ2v) is 4.98. The maximum absolute atomic E-state index is 4.40. The van der Waals surface area contributed by atoms with Crippen molar-refractivity contribution in [3.8, 4) is 0 Å². The minimum Gasteiger partial charge on any atom is -0.356 e. The van der Waals surface area contributed by atoms with Gasteiger partial charge in [0.1, 0.15) is 0 Å². The first-order chi connectivity index (χ1) is 9.31. The predicted molar refractivity (Wildman–Crippen MR) is 80.5 cm³/mol. The summed E-state index contributed by atoms with van der Waals surface area (Å²) in [5.74, 6) is 0.983. The topological polar surface area (TPSA) is 29.9 Å². The number of hydrogen-bond acceptors (Lipinski definition) is 2. The summed E-state index contributed by atoms with van der Waals surface area (Å²) in [5.41, 5.74) is 1.36. The van der Waals surface area contributed by atoms with E-state index in [4.69, 9.17) is 0 Å². The van der Waals surface area contributed by atoms with Gasteiger partial charge in [-0.3, -0.25) is 0 Å². The molecule has 3 nitrogen and oxygen atoms in total. The minimum atomic E-state index is 0.411. The van der Waals surface area contributed by atoms with Gasteiger partial charge in [0.15, 0.2) is 0 Å². The van der Waals surface area contributed by atoms with Crippen molar-refractivity contribution in [2.24, 2.45) is 0 Å². The second-order valence-electron chi connectivity index (χ2n) is 4.98. The number of rotatable bonds is 7. The Hall–Kier alpha value is -1.77. The molecule has 1 heterocycles. The lowest BCUT2D eigenvalue weighted by Gasteiger charge is -2.17. The first-order valence-corrected chi connectivity index (χ1v) is 7.12. The number of nitrogens with zero attached hydrogens (tertiary/aromatic N) is 2. The molecule has 1 unspecified atom stereocenters. The van der Waals surface area contributed by atoms with Crippen LogP contribution in [0.1, 0.15) is 38.3 Å². The van der Waals surface area contributed by atoms with Crippen LogP contribution >= 0.6 is 0 Å². The number of aromatic nitrogens is 2. The van der Waals surface area contributed by atoms with Gasteiger partial charge in [-0.25, -0.2) is 4.98 Å². The number of benzene rings is 1. The van der Waals surface area contributed by atoms with Crippen molar-refractivity contribution in [2.75, 3.05) is 11.9 Å². The average molecular weight is 257 g/mol. The molecule has 0 aliphatic rings. The van der Waals surface area contributed by atoms with Crippen molar-refractivity contribution >= 4 is 5.95 Å². The van der Waals surface area contributed by atoms with Crippen LogP contribution in [0.3, 0.4) is 0 Å². The lowest BCUT2D eigenvalue weighted by molar-refractivity contribution is 0.548. The van der Waals surface area contributed by atoms with Crippen LogP contribution in [0, 0.1) is 0 Å². The Morgan fingerprint density at radius 1 is 1.26 bits per heavy atom. The van der Waals surface area contributed by atoms with Crippen LogP contribution in [0.5, 0.6) is 0 Å². The predicted octanol–water partition coefficient (Wildman–Crippen LogP) is 3.90. The average Bonchev–Trinajstić information content (AvgIpc) is 2.89. The van der Waals surface area contributed by atoms with Crippen LogP contribution in [0.15, 0.2) is 42.7 Å². The maximum atomic E-state index is 4.40. The Kier molecular flexibility index (Phi) is 5.01. The fourth-order valence-electron chi connectivity index (χ4n) is 2.24. The van der Waals surface area contributed by atoms with E-state index >= 15 is 0 Å². The molecule has 0 aliphatic carbocycles. The molecule has 0 aliphatic heterocycles. The number of anilines is 1. The molecule has 1 N–H and O–H groups in total. The molecule has 0 radical (unpaired) electrons. The van der Waals surface area contributed by atoms with Gasteiger partial charge in [0.2, 0.25) is 5.95 Å². The van der Waals surface area contributed by atoms with E-state index in [-0.39, 0.29) is 0 Å². The summed E-state index contributed by atoms with van der Waals surface area (Å²) in [7, 11) is 0. The van der Waals surface area contributed by atoms with Crippen molar-refractivity contribution in [3.05, 3.63) is 48.3 Å². The standard InChI is InChI=1S/C16H23N3/c1-3-4-10-17-16-18-11-12-19(16)14(2)13-15-8-6-5-7-9-15/h5-9,11-12,14H,3-4,10,13H2,1-2H3,(H,17,18). The fraction of sp³-hybridized carbons (Fsp3) is 0.438. The molecule has 0 saturated heterocycles. The molecule has 0 fully saturated rings. The molecule has 0 spiro atoms. The molecule has 0 saturated carbocycles. The molecule has 1 aromatic heterocycles. The van der Waals surface area contributed by atoms with E-state index < -0.39 is 0 Å². The van der Waals surface area contributed by atoms with Crippen molar-refractivity contribution in [3.63, 3.8) is 0 Å². The highest BCUT2D eigenvalue weighted by Gasteiger charge is 2.10. The normalized spacial score (nSPS) is 12.3. The first-order valence-electron chi connectivity index (χ1n) is 7.12. The summed E-state index contributed by atoms with van der Waals surface area (Å²) < 4.78 is 2.22. The van der Waals surface area contributed by atoms with Gasteiger partial charge >= 0.3 is 0 Å². The molecule has 2 aromatic rings. The van der Waals surface area contributed by atoms with Crippen molar-refractivity contribution < 1.29 is 0 Å². The summed E-state index contributed by atoms with van der Waals surface area (Å²) in [5, 5.41) is 3.41. The van der Waals surface area contributed by atoms with E-state index in [1.807, 2.05) is 6.20 Å². The fourth-order valence-corrected chi connectivity index (χ4v) is 2.24. The third-order valence-corrected chi connectivity index (χ3v) is 3.33. The number of unbranched alkanes of at least 4 members (excludes halogenated alkanes) is 1. The summed E-state index contributed by atoms with van der Waals surface area (Å²) in [6.07, 6.45) is 7.34. The van der Waals surface area contributed by atoms with E-state index in [2.05, 4.69) is 65.2 Å². The lowest BCUT2D eigenvalue weighted by atomic mass is 10.1. The zero-order chi connectivity index (χ0) is 13.5. The van der Waals surface area contributed by atoms with Gasteiger partial charge < -0.3 is 9.88 Å². The Morgan fingerprint density at radius 2 is 2.05 bits per heavy atom. The van der Waals surface area contributed by atoms with Gasteiger partial charge in [-0.15, -0.1) is 0 Å². The first kappa shape index (κ1) is 13.7.